The Morgan fingerprint density at radius 2 is 2.27 bits per heavy atom. The Bertz CT molecular complexity index is 210. The van der Waals surface area contributed by atoms with Gasteiger partial charge in [0.05, 0.1) is 5.41 Å². The van der Waals surface area contributed by atoms with E-state index in [1.165, 1.54) is 0 Å². The second kappa shape index (κ2) is 1.79. The highest BCUT2D eigenvalue weighted by atomic mass is 16.6. The molecule has 2 aliphatic rings. The first-order valence-corrected chi connectivity index (χ1v) is 4.30. The summed E-state index contributed by atoms with van der Waals surface area (Å²) in [7, 11) is 0. The zero-order chi connectivity index (χ0) is 8.22. The minimum absolute atomic E-state index is 0.0463. The first-order valence-electron chi connectivity index (χ1n) is 4.30. The van der Waals surface area contributed by atoms with E-state index in [1.54, 1.807) is 0 Å². The van der Waals surface area contributed by atoms with Crippen LogP contribution in [0.25, 0.3) is 0 Å². The fourth-order valence-corrected chi connectivity index (χ4v) is 2.38. The van der Waals surface area contributed by atoms with E-state index in [0.717, 1.165) is 6.42 Å². The van der Waals surface area contributed by atoms with Gasteiger partial charge in [-0.2, -0.15) is 0 Å². The Kier molecular flexibility index (Phi) is 1.16. The van der Waals surface area contributed by atoms with Crippen LogP contribution < -0.4 is 0 Å². The van der Waals surface area contributed by atoms with Gasteiger partial charge < -0.3 is 4.74 Å². The van der Waals surface area contributed by atoms with Crippen molar-refractivity contribution < 1.29 is 9.53 Å². The first kappa shape index (κ1) is 7.14. The zero-order valence-electron chi connectivity index (χ0n) is 7.26. The fraction of sp³-hybridized carbons (Fsp3) is 0.889. The smallest absolute Gasteiger partial charge is 0.313 e. The van der Waals surface area contributed by atoms with Crippen LogP contribution in [0.2, 0.25) is 0 Å². The lowest BCUT2D eigenvalue weighted by molar-refractivity contribution is -0.149. The van der Waals surface area contributed by atoms with Crippen LogP contribution in [0.5, 0.6) is 0 Å². The van der Waals surface area contributed by atoms with Crippen molar-refractivity contribution in [1.29, 1.82) is 0 Å². The summed E-state index contributed by atoms with van der Waals surface area (Å²) in [6.45, 7) is 6.22. The molecule has 1 saturated heterocycles. The van der Waals surface area contributed by atoms with Gasteiger partial charge in [-0.1, -0.05) is 13.8 Å². The summed E-state index contributed by atoms with van der Waals surface area (Å²) in [4.78, 5) is 11.4. The molecular weight excluding hydrogens is 140 g/mol. The third-order valence-corrected chi connectivity index (χ3v) is 3.33. The molecular formula is C9H14O2. The average molecular weight is 154 g/mol. The van der Waals surface area contributed by atoms with Crippen molar-refractivity contribution >= 4 is 5.97 Å². The number of esters is 1. The highest BCUT2D eigenvalue weighted by Gasteiger charge is 2.70. The van der Waals surface area contributed by atoms with Crippen LogP contribution in [0.3, 0.4) is 0 Å². The Morgan fingerprint density at radius 3 is 2.45 bits per heavy atom. The van der Waals surface area contributed by atoms with Crippen LogP contribution in [-0.2, 0) is 9.53 Å². The molecule has 0 N–H and O–H groups in total. The molecule has 0 aromatic rings. The van der Waals surface area contributed by atoms with Crippen LogP contribution in [0.15, 0.2) is 0 Å². The molecule has 1 aliphatic heterocycles. The molecule has 0 amide bonds. The van der Waals surface area contributed by atoms with Gasteiger partial charge in [-0.05, 0) is 19.3 Å². The maximum atomic E-state index is 11.4. The van der Waals surface area contributed by atoms with Crippen molar-refractivity contribution in [1.82, 2.24) is 0 Å². The Balaban J connectivity index is 2.26. The largest absolute Gasteiger partial charge is 0.462 e. The lowest BCUT2D eigenvalue weighted by Crippen LogP contribution is -2.20. The highest BCUT2D eigenvalue weighted by molar-refractivity contribution is 5.84. The summed E-state index contributed by atoms with van der Waals surface area (Å²) in [5.74, 6) is 1.02. The number of hydrogen-bond acceptors (Lipinski definition) is 2. The maximum absolute atomic E-state index is 11.4. The molecule has 1 saturated carbocycles. The average Bonchev–Trinajstić information content (AvgIpc) is 2.56. The molecule has 62 valence electrons. The lowest BCUT2D eigenvalue weighted by atomic mass is 9.90. The van der Waals surface area contributed by atoms with Crippen molar-refractivity contribution in [3.8, 4) is 0 Å². The number of hydrogen-bond donors (Lipinski definition) is 0. The van der Waals surface area contributed by atoms with Crippen LogP contribution >= 0.6 is 0 Å². The predicted molar refractivity (Wildman–Crippen MR) is 40.9 cm³/mol. The molecule has 0 spiro atoms. The Labute approximate surface area is 66.9 Å². The molecule has 2 rings (SSSR count). The zero-order valence-corrected chi connectivity index (χ0v) is 7.26. The number of cyclic esters (lactones) is 1. The van der Waals surface area contributed by atoms with E-state index in [0.29, 0.717) is 11.8 Å². The van der Waals surface area contributed by atoms with E-state index < -0.39 is 0 Å². The standard InChI is InChI=1S/C9H14O2/c1-5(2)9-4-7(9)6(3)11-8(9)10/h5-7H,4H2,1-3H3. The second-order valence-corrected chi connectivity index (χ2v) is 4.12. The maximum Gasteiger partial charge on any atom is 0.313 e. The van der Waals surface area contributed by atoms with Gasteiger partial charge >= 0.3 is 5.97 Å². The molecule has 1 heterocycles. The molecule has 2 nitrogen and oxygen atoms in total. The van der Waals surface area contributed by atoms with Crippen molar-refractivity contribution in [2.45, 2.75) is 33.3 Å². The topological polar surface area (TPSA) is 26.3 Å². The van der Waals surface area contributed by atoms with Gasteiger partial charge in [0.1, 0.15) is 6.10 Å². The molecule has 0 aromatic heterocycles. The van der Waals surface area contributed by atoms with E-state index in [4.69, 9.17) is 4.74 Å². The number of carbonyl (C=O) groups excluding carboxylic acids is 1. The summed E-state index contributed by atoms with van der Waals surface area (Å²) < 4.78 is 5.15. The molecule has 1 aliphatic carbocycles. The highest BCUT2D eigenvalue weighted by Crippen LogP contribution is 2.64. The summed E-state index contributed by atoms with van der Waals surface area (Å²) in [5.41, 5.74) is -0.0700. The SMILES string of the molecule is CC1OC(=O)C2(C(C)C)CC12. The summed E-state index contributed by atoms with van der Waals surface area (Å²) >= 11 is 0. The quantitative estimate of drug-likeness (QED) is 0.536. The predicted octanol–water partition coefficient (Wildman–Crippen LogP) is 1.59. The van der Waals surface area contributed by atoms with Crippen LogP contribution in [0.4, 0.5) is 0 Å². The first-order chi connectivity index (χ1) is 5.09. The normalized spacial score (nSPS) is 47.5. The molecule has 2 heteroatoms. The molecule has 0 aromatic carbocycles. The lowest BCUT2D eigenvalue weighted by Gasteiger charge is -2.12. The van der Waals surface area contributed by atoms with Gasteiger partial charge in [-0.25, -0.2) is 0 Å². The molecule has 2 fully saturated rings. The monoisotopic (exact) mass is 154 g/mol. The Hall–Kier alpha value is -0.530. The van der Waals surface area contributed by atoms with Gasteiger partial charge in [-0.15, -0.1) is 0 Å². The third kappa shape index (κ3) is 0.652. The number of ether oxygens (including phenoxy) is 1. The van der Waals surface area contributed by atoms with Gasteiger partial charge in [0.25, 0.3) is 0 Å². The molecule has 3 atom stereocenters. The van der Waals surface area contributed by atoms with Crippen LogP contribution in [0.1, 0.15) is 27.2 Å². The summed E-state index contributed by atoms with van der Waals surface area (Å²) in [5, 5.41) is 0. The molecule has 3 unspecified atom stereocenters. The van der Waals surface area contributed by atoms with Gasteiger partial charge in [0.2, 0.25) is 0 Å². The number of rotatable bonds is 1. The summed E-state index contributed by atoms with van der Waals surface area (Å²) in [6.07, 6.45) is 1.23. The minimum atomic E-state index is -0.0700. The fourth-order valence-electron chi connectivity index (χ4n) is 2.38. The van der Waals surface area contributed by atoms with Crippen LogP contribution in [-0.4, -0.2) is 12.1 Å². The van der Waals surface area contributed by atoms with Crippen molar-refractivity contribution in [3.05, 3.63) is 0 Å². The molecule has 0 radical (unpaired) electrons. The third-order valence-electron chi connectivity index (χ3n) is 3.33. The van der Waals surface area contributed by atoms with E-state index >= 15 is 0 Å². The second-order valence-electron chi connectivity index (χ2n) is 4.12. The van der Waals surface area contributed by atoms with Crippen molar-refractivity contribution in [2.24, 2.45) is 17.3 Å². The van der Waals surface area contributed by atoms with Gasteiger partial charge in [-0.3, -0.25) is 4.79 Å². The number of fused-ring (bicyclic) bond motifs is 1. The summed E-state index contributed by atoms with van der Waals surface area (Å²) in [6, 6.07) is 0. The number of carbonyl (C=O) groups is 1. The van der Waals surface area contributed by atoms with E-state index in [2.05, 4.69) is 13.8 Å². The molecule has 0 bridgehead atoms. The minimum Gasteiger partial charge on any atom is -0.462 e. The van der Waals surface area contributed by atoms with E-state index in [1.807, 2.05) is 6.92 Å². The van der Waals surface area contributed by atoms with E-state index in [-0.39, 0.29) is 17.5 Å². The Morgan fingerprint density at radius 1 is 1.64 bits per heavy atom. The molecule has 11 heavy (non-hydrogen) atoms. The van der Waals surface area contributed by atoms with Gasteiger partial charge in [0.15, 0.2) is 0 Å². The van der Waals surface area contributed by atoms with Crippen molar-refractivity contribution in [3.63, 3.8) is 0 Å². The van der Waals surface area contributed by atoms with Crippen molar-refractivity contribution in [2.75, 3.05) is 0 Å². The van der Waals surface area contributed by atoms with E-state index in [9.17, 15) is 4.79 Å². The van der Waals surface area contributed by atoms with Crippen LogP contribution in [0, 0.1) is 17.3 Å². The van der Waals surface area contributed by atoms with Gasteiger partial charge in [0, 0.05) is 5.92 Å².